The van der Waals surface area contributed by atoms with Crippen molar-refractivity contribution in [3.8, 4) is 0 Å². The standard InChI is InChI=1S/C17H18N4.HI/c1-12-6-8-14(9-7-12)21-17(18)19-11-15-10-13-4-2-3-5-16(13)20-15;/h2-10,20H,11H2,1H3,(H3,18,19,21);1H. The van der Waals surface area contributed by atoms with Crippen molar-refractivity contribution >= 4 is 46.5 Å². The molecule has 0 spiro atoms. The number of aromatic amines is 1. The SMILES string of the molecule is Cc1ccc(NC(N)=NCc2cc3ccccc3[nH]2)cc1.I. The van der Waals surface area contributed by atoms with Crippen LogP contribution >= 0.6 is 24.0 Å². The second-order valence-electron chi connectivity index (χ2n) is 5.07. The Balaban J connectivity index is 0.00000176. The summed E-state index contributed by atoms with van der Waals surface area (Å²) in [5.41, 5.74) is 10.2. The molecule has 0 aliphatic heterocycles. The average Bonchev–Trinajstić information content (AvgIpc) is 2.90. The summed E-state index contributed by atoms with van der Waals surface area (Å²) in [5.74, 6) is 0.414. The molecule has 0 radical (unpaired) electrons. The summed E-state index contributed by atoms with van der Waals surface area (Å²) in [7, 11) is 0. The lowest BCUT2D eigenvalue weighted by atomic mass is 10.2. The molecule has 0 unspecified atom stereocenters. The van der Waals surface area contributed by atoms with Crippen LogP contribution < -0.4 is 11.1 Å². The van der Waals surface area contributed by atoms with Crippen molar-refractivity contribution < 1.29 is 0 Å². The van der Waals surface area contributed by atoms with E-state index < -0.39 is 0 Å². The summed E-state index contributed by atoms with van der Waals surface area (Å²) >= 11 is 0. The molecule has 22 heavy (non-hydrogen) atoms. The number of hydrogen-bond acceptors (Lipinski definition) is 1. The van der Waals surface area contributed by atoms with Crippen LogP contribution in [0.1, 0.15) is 11.3 Å². The van der Waals surface area contributed by atoms with Crippen LogP contribution in [-0.2, 0) is 6.54 Å². The molecule has 1 aromatic heterocycles. The maximum Gasteiger partial charge on any atom is 0.193 e. The van der Waals surface area contributed by atoms with Gasteiger partial charge in [0.15, 0.2) is 5.96 Å². The van der Waals surface area contributed by atoms with Gasteiger partial charge in [0.2, 0.25) is 0 Å². The van der Waals surface area contributed by atoms with Crippen molar-refractivity contribution in [1.82, 2.24) is 4.98 Å². The van der Waals surface area contributed by atoms with E-state index in [1.54, 1.807) is 0 Å². The highest BCUT2D eigenvalue weighted by atomic mass is 127. The zero-order valence-corrected chi connectivity index (χ0v) is 14.7. The van der Waals surface area contributed by atoms with Crippen LogP contribution in [-0.4, -0.2) is 10.9 Å². The Kier molecular flexibility index (Phi) is 5.43. The molecule has 2 aromatic carbocycles. The van der Waals surface area contributed by atoms with Gasteiger partial charge < -0.3 is 16.0 Å². The van der Waals surface area contributed by atoms with Crippen molar-refractivity contribution in [3.05, 3.63) is 65.9 Å². The predicted molar refractivity (Wildman–Crippen MR) is 104 cm³/mol. The van der Waals surface area contributed by atoms with Gasteiger partial charge in [0.05, 0.1) is 6.54 Å². The minimum Gasteiger partial charge on any atom is -0.370 e. The number of fused-ring (bicyclic) bond motifs is 1. The van der Waals surface area contributed by atoms with Crippen LogP contribution in [0.15, 0.2) is 59.6 Å². The van der Waals surface area contributed by atoms with Gasteiger partial charge in [-0.2, -0.15) is 0 Å². The number of nitrogens with two attached hydrogens (primary N) is 1. The molecular formula is C17H19IN4. The van der Waals surface area contributed by atoms with Crippen molar-refractivity contribution in [1.29, 1.82) is 0 Å². The van der Waals surface area contributed by atoms with E-state index in [1.165, 1.54) is 10.9 Å². The van der Waals surface area contributed by atoms with Gasteiger partial charge in [0.25, 0.3) is 0 Å². The fourth-order valence-corrected chi connectivity index (χ4v) is 2.21. The molecule has 1 heterocycles. The average molecular weight is 406 g/mol. The lowest BCUT2D eigenvalue weighted by Crippen LogP contribution is -2.22. The monoisotopic (exact) mass is 406 g/mol. The quantitative estimate of drug-likeness (QED) is 0.350. The van der Waals surface area contributed by atoms with E-state index in [1.807, 2.05) is 36.4 Å². The van der Waals surface area contributed by atoms with Crippen LogP contribution in [0.25, 0.3) is 10.9 Å². The van der Waals surface area contributed by atoms with E-state index in [2.05, 4.69) is 40.4 Å². The number of guanidine groups is 1. The molecule has 0 amide bonds. The summed E-state index contributed by atoms with van der Waals surface area (Å²) in [6, 6.07) is 18.3. The number of H-pyrrole nitrogens is 1. The normalized spacial score (nSPS) is 11.2. The predicted octanol–water partition coefficient (Wildman–Crippen LogP) is 4.02. The fourth-order valence-electron chi connectivity index (χ4n) is 2.21. The first-order chi connectivity index (χ1) is 10.2. The van der Waals surface area contributed by atoms with Crippen LogP contribution in [0.2, 0.25) is 0 Å². The molecule has 4 nitrogen and oxygen atoms in total. The number of rotatable bonds is 3. The Morgan fingerprint density at radius 3 is 2.59 bits per heavy atom. The molecule has 0 bridgehead atoms. The van der Waals surface area contributed by atoms with E-state index >= 15 is 0 Å². The highest BCUT2D eigenvalue weighted by molar-refractivity contribution is 14.0. The summed E-state index contributed by atoms with van der Waals surface area (Å²) in [6.45, 7) is 2.58. The van der Waals surface area contributed by atoms with Gasteiger partial charge in [-0.25, -0.2) is 4.99 Å². The van der Waals surface area contributed by atoms with Gasteiger partial charge in [-0.1, -0.05) is 35.9 Å². The van der Waals surface area contributed by atoms with Crippen molar-refractivity contribution in [2.75, 3.05) is 5.32 Å². The Morgan fingerprint density at radius 1 is 1.14 bits per heavy atom. The first kappa shape index (κ1) is 16.4. The number of hydrogen-bond donors (Lipinski definition) is 3. The maximum absolute atomic E-state index is 5.91. The van der Waals surface area contributed by atoms with E-state index in [9.17, 15) is 0 Å². The number of aromatic nitrogens is 1. The zero-order valence-electron chi connectivity index (χ0n) is 12.3. The number of para-hydroxylation sites is 1. The smallest absolute Gasteiger partial charge is 0.193 e. The van der Waals surface area contributed by atoms with E-state index in [-0.39, 0.29) is 24.0 Å². The van der Waals surface area contributed by atoms with Gasteiger partial charge >= 0.3 is 0 Å². The van der Waals surface area contributed by atoms with Crippen LogP contribution in [0.4, 0.5) is 5.69 Å². The van der Waals surface area contributed by atoms with E-state index in [4.69, 9.17) is 5.73 Å². The number of benzene rings is 2. The Labute approximate surface area is 146 Å². The minimum atomic E-state index is 0. The molecule has 114 valence electrons. The molecule has 0 saturated carbocycles. The molecular weight excluding hydrogens is 387 g/mol. The Bertz CT molecular complexity index is 742. The zero-order chi connectivity index (χ0) is 14.7. The third-order valence-corrected chi connectivity index (χ3v) is 3.33. The van der Waals surface area contributed by atoms with Gasteiger partial charge in [-0.3, -0.25) is 0 Å². The topological polar surface area (TPSA) is 66.2 Å². The molecule has 0 fully saturated rings. The second-order valence-corrected chi connectivity index (χ2v) is 5.07. The fraction of sp³-hybridized carbons (Fsp3) is 0.118. The van der Waals surface area contributed by atoms with Gasteiger partial charge in [-0.15, -0.1) is 24.0 Å². The van der Waals surface area contributed by atoms with Gasteiger partial charge in [0, 0.05) is 16.9 Å². The summed E-state index contributed by atoms with van der Waals surface area (Å²) in [5, 5.41) is 4.27. The van der Waals surface area contributed by atoms with Crippen LogP contribution in [0, 0.1) is 6.92 Å². The van der Waals surface area contributed by atoms with Crippen molar-refractivity contribution in [2.24, 2.45) is 10.7 Å². The van der Waals surface area contributed by atoms with Crippen LogP contribution in [0.3, 0.4) is 0 Å². The maximum atomic E-state index is 5.91. The van der Waals surface area contributed by atoms with E-state index in [0.29, 0.717) is 12.5 Å². The van der Waals surface area contributed by atoms with Gasteiger partial charge in [-0.05, 0) is 36.6 Å². The van der Waals surface area contributed by atoms with E-state index in [0.717, 1.165) is 16.9 Å². The number of aliphatic imine (C=N–C) groups is 1. The van der Waals surface area contributed by atoms with Crippen molar-refractivity contribution in [3.63, 3.8) is 0 Å². The largest absolute Gasteiger partial charge is 0.370 e. The molecule has 0 saturated heterocycles. The summed E-state index contributed by atoms with van der Waals surface area (Å²) in [4.78, 5) is 7.69. The molecule has 5 heteroatoms. The molecule has 4 N–H and O–H groups in total. The molecule has 0 aliphatic carbocycles. The summed E-state index contributed by atoms with van der Waals surface area (Å²) in [6.07, 6.45) is 0. The highest BCUT2D eigenvalue weighted by Crippen LogP contribution is 2.15. The minimum absolute atomic E-state index is 0. The number of halogens is 1. The third-order valence-electron chi connectivity index (χ3n) is 3.33. The summed E-state index contributed by atoms with van der Waals surface area (Å²) < 4.78 is 0. The molecule has 0 aliphatic rings. The number of aryl methyl sites for hydroxylation is 1. The highest BCUT2D eigenvalue weighted by Gasteiger charge is 2.00. The second kappa shape index (κ2) is 7.31. The number of nitrogens with one attached hydrogen (secondary N) is 2. The first-order valence-electron chi connectivity index (χ1n) is 6.91. The van der Waals surface area contributed by atoms with Crippen LogP contribution in [0.5, 0.6) is 0 Å². The third kappa shape index (κ3) is 4.00. The number of anilines is 1. The van der Waals surface area contributed by atoms with Crippen molar-refractivity contribution in [2.45, 2.75) is 13.5 Å². The first-order valence-corrected chi connectivity index (χ1v) is 6.91. The van der Waals surface area contributed by atoms with Gasteiger partial charge in [0.1, 0.15) is 0 Å². The lowest BCUT2D eigenvalue weighted by molar-refractivity contribution is 1.01. The Hall–Kier alpha value is -2.02. The molecule has 0 atom stereocenters. The lowest BCUT2D eigenvalue weighted by Gasteiger charge is -2.05. The molecule has 3 rings (SSSR count). The Morgan fingerprint density at radius 2 is 1.86 bits per heavy atom. The number of nitrogens with zero attached hydrogens (tertiary/aromatic N) is 1. The molecule has 3 aromatic rings.